The summed E-state index contributed by atoms with van der Waals surface area (Å²) in [4.78, 5) is 27.3. The molecular formula is C23H34N2O3. The summed E-state index contributed by atoms with van der Waals surface area (Å²) in [6.07, 6.45) is 8.59. The Kier molecular flexibility index (Phi) is 7.49. The summed E-state index contributed by atoms with van der Waals surface area (Å²) in [6.45, 7) is 5.40. The summed E-state index contributed by atoms with van der Waals surface area (Å²) < 4.78 is 5.72. The molecule has 0 aromatic heterocycles. The van der Waals surface area contributed by atoms with Gasteiger partial charge in [-0.3, -0.25) is 9.59 Å². The molecule has 154 valence electrons. The van der Waals surface area contributed by atoms with Crippen molar-refractivity contribution in [3.8, 4) is 0 Å². The van der Waals surface area contributed by atoms with E-state index in [1.54, 1.807) is 4.90 Å². The Morgan fingerprint density at radius 3 is 2.64 bits per heavy atom. The predicted molar refractivity (Wildman–Crippen MR) is 111 cm³/mol. The lowest BCUT2D eigenvalue weighted by Crippen LogP contribution is -2.42. The van der Waals surface area contributed by atoms with Gasteiger partial charge in [-0.15, -0.1) is 0 Å². The summed E-state index contributed by atoms with van der Waals surface area (Å²) in [5.74, 6) is 0.622. The predicted octanol–water partition coefficient (Wildman–Crippen LogP) is 4.22. The number of nitrogens with one attached hydrogen (secondary N) is 1. The molecule has 0 spiro atoms. The molecule has 2 amide bonds. The molecule has 0 bridgehead atoms. The van der Waals surface area contributed by atoms with E-state index in [0.29, 0.717) is 18.9 Å². The Hall–Kier alpha value is -1.88. The summed E-state index contributed by atoms with van der Waals surface area (Å²) in [5, 5.41) is 2.98. The number of benzene rings is 1. The fourth-order valence-electron chi connectivity index (χ4n) is 4.32. The summed E-state index contributed by atoms with van der Waals surface area (Å²) >= 11 is 0. The van der Waals surface area contributed by atoms with Gasteiger partial charge in [0, 0.05) is 25.3 Å². The molecule has 1 unspecified atom stereocenters. The highest BCUT2D eigenvalue weighted by Gasteiger charge is 2.25. The van der Waals surface area contributed by atoms with Crippen LogP contribution in [0.15, 0.2) is 18.2 Å². The molecule has 1 aliphatic carbocycles. The van der Waals surface area contributed by atoms with E-state index < -0.39 is 0 Å². The topological polar surface area (TPSA) is 58.6 Å². The van der Waals surface area contributed by atoms with E-state index in [-0.39, 0.29) is 24.5 Å². The number of carbonyl (C=O) groups is 2. The molecule has 5 heteroatoms. The van der Waals surface area contributed by atoms with Crippen molar-refractivity contribution in [2.75, 3.05) is 25.0 Å². The van der Waals surface area contributed by atoms with E-state index in [1.165, 1.54) is 25.7 Å². The van der Waals surface area contributed by atoms with Crippen LogP contribution in [0.1, 0.15) is 62.5 Å². The van der Waals surface area contributed by atoms with Crippen LogP contribution in [-0.2, 0) is 14.3 Å². The van der Waals surface area contributed by atoms with E-state index in [0.717, 1.165) is 42.7 Å². The molecule has 2 fully saturated rings. The molecule has 1 aliphatic heterocycles. The summed E-state index contributed by atoms with van der Waals surface area (Å²) in [6, 6.07) is 5.88. The Balaban J connectivity index is 1.59. The molecule has 1 aromatic rings. The number of hydrogen-bond donors (Lipinski definition) is 1. The molecule has 1 heterocycles. The van der Waals surface area contributed by atoms with Crippen LogP contribution in [0.4, 0.5) is 5.69 Å². The van der Waals surface area contributed by atoms with Crippen molar-refractivity contribution in [3.63, 3.8) is 0 Å². The average molecular weight is 387 g/mol. The standard InChI is InChI=1S/C23H34N2O3/c1-17-7-5-11-21(18(17)2)24-22(26)16-25(15-20-10-6-14-28-20)23(27)13-12-19-8-3-4-9-19/h5,7,11,19-20H,3-4,6,8-10,12-16H2,1-2H3,(H,24,26). The van der Waals surface area contributed by atoms with E-state index in [1.807, 2.05) is 32.0 Å². The maximum atomic E-state index is 12.9. The molecule has 28 heavy (non-hydrogen) atoms. The normalized spacial score (nSPS) is 19.7. The highest BCUT2D eigenvalue weighted by molar-refractivity contribution is 5.95. The van der Waals surface area contributed by atoms with Gasteiger partial charge in [0.25, 0.3) is 0 Å². The molecule has 1 N–H and O–H groups in total. The van der Waals surface area contributed by atoms with Gasteiger partial charge in [0.15, 0.2) is 0 Å². The van der Waals surface area contributed by atoms with Crippen molar-refractivity contribution < 1.29 is 14.3 Å². The Bertz CT molecular complexity index is 676. The minimum atomic E-state index is -0.138. The van der Waals surface area contributed by atoms with Gasteiger partial charge in [0.2, 0.25) is 11.8 Å². The molecular weight excluding hydrogens is 352 g/mol. The van der Waals surface area contributed by atoms with Crippen LogP contribution in [0.3, 0.4) is 0 Å². The maximum absolute atomic E-state index is 12.9. The number of aryl methyl sites for hydroxylation is 1. The number of amides is 2. The first-order valence-electron chi connectivity index (χ1n) is 10.8. The second kappa shape index (κ2) is 10.1. The van der Waals surface area contributed by atoms with Crippen LogP contribution < -0.4 is 5.32 Å². The second-order valence-corrected chi connectivity index (χ2v) is 8.39. The summed E-state index contributed by atoms with van der Waals surface area (Å²) in [7, 11) is 0. The van der Waals surface area contributed by atoms with Gasteiger partial charge in [-0.1, -0.05) is 37.8 Å². The van der Waals surface area contributed by atoms with Crippen molar-refractivity contribution in [2.45, 2.75) is 71.3 Å². The highest BCUT2D eigenvalue weighted by Crippen LogP contribution is 2.29. The van der Waals surface area contributed by atoms with Gasteiger partial charge in [0.1, 0.15) is 0 Å². The van der Waals surface area contributed by atoms with E-state index in [2.05, 4.69) is 5.32 Å². The number of ether oxygens (including phenoxy) is 1. The van der Waals surface area contributed by atoms with Crippen molar-refractivity contribution >= 4 is 17.5 Å². The largest absolute Gasteiger partial charge is 0.376 e. The van der Waals surface area contributed by atoms with Gasteiger partial charge in [-0.05, 0) is 56.2 Å². The molecule has 5 nitrogen and oxygen atoms in total. The van der Waals surface area contributed by atoms with Crippen molar-refractivity contribution in [1.82, 2.24) is 4.90 Å². The number of rotatable bonds is 8. The van der Waals surface area contributed by atoms with E-state index in [4.69, 9.17) is 4.74 Å². The SMILES string of the molecule is Cc1cccc(NC(=O)CN(CC2CCCO2)C(=O)CCC2CCCC2)c1C. The lowest BCUT2D eigenvalue weighted by atomic mass is 10.0. The average Bonchev–Trinajstić information content (AvgIpc) is 3.37. The van der Waals surface area contributed by atoms with Crippen LogP contribution >= 0.6 is 0 Å². The Labute approximate surface area is 168 Å². The van der Waals surface area contributed by atoms with Gasteiger partial charge < -0.3 is 15.0 Å². The van der Waals surface area contributed by atoms with Gasteiger partial charge in [-0.2, -0.15) is 0 Å². The lowest BCUT2D eigenvalue weighted by Gasteiger charge is -2.26. The van der Waals surface area contributed by atoms with Crippen molar-refractivity contribution in [2.24, 2.45) is 5.92 Å². The quantitative estimate of drug-likeness (QED) is 0.728. The molecule has 3 rings (SSSR count). The third-order valence-corrected chi connectivity index (χ3v) is 6.26. The minimum absolute atomic E-state index is 0.0592. The lowest BCUT2D eigenvalue weighted by molar-refractivity contribution is -0.136. The number of hydrogen-bond acceptors (Lipinski definition) is 3. The highest BCUT2D eigenvalue weighted by atomic mass is 16.5. The summed E-state index contributed by atoms with van der Waals surface area (Å²) in [5.41, 5.74) is 3.02. The fourth-order valence-corrected chi connectivity index (χ4v) is 4.32. The van der Waals surface area contributed by atoms with Crippen LogP contribution in [0.25, 0.3) is 0 Å². The van der Waals surface area contributed by atoms with Gasteiger partial charge in [0.05, 0.1) is 12.6 Å². The fraction of sp³-hybridized carbons (Fsp3) is 0.652. The number of anilines is 1. The minimum Gasteiger partial charge on any atom is -0.376 e. The molecule has 1 aromatic carbocycles. The second-order valence-electron chi connectivity index (χ2n) is 8.39. The Morgan fingerprint density at radius 2 is 1.93 bits per heavy atom. The van der Waals surface area contributed by atoms with E-state index in [9.17, 15) is 9.59 Å². The van der Waals surface area contributed by atoms with Crippen LogP contribution in [-0.4, -0.2) is 42.5 Å². The zero-order chi connectivity index (χ0) is 19.9. The van der Waals surface area contributed by atoms with Crippen molar-refractivity contribution in [3.05, 3.63) is 29.3 Å². The van der Waals surface area contributed by atoms with E-state index >= 15 is 0 Å². The van der Waals surface area contributed by atoms with Crippen LogP contribution in [0.5, 0.6) is 0 Å². The molecule has 2 aliphatic rings. The monoisotopic (exact) mass is 386 g/mol. The van der Waals surface area contributed by atoms with Crippen molar-refractivity contribution in [1.29, 1.82) is 0 Å². The molecule has 1 saturated carbocycles. The maximum Gasteiger partial charge on any atom is 0.244 e. The smallest absolute Gasteiger partial charge is 0.244 e. The first kappa shape index (κ1) is 20.8. The first-order chi connectivity index (χ1) is 13.5. The third kappa shape index (κ3) is 5.81. The van der Waals surface area contributed by atoms with Gasteiger partial charge in [-0.25, -0.2) is 0 Å². The Morgan fingerprint density at radius 1 is 1.14 bits per heavy atom. The first-order valence-corrected chi connectivity index (χ1v) is 10.8. The zero-order valence-electron chi connectivity index (χ0n) is 17.3. The molecule has 1 atom stereocenters. The van der Waals surface area contributed by atoms with Crippen LogP contribution in [0.2, 0.25) is 0 Å². The third-order valence-electron chi connectivity index (χ3n) is 6.26. The van der Waals surface area contributed by atoms with Crippen LogP contribution in [0, 0.1) is 19.8 Å². The number of nitrogens with zero attached hydrogens (tertiary/aromatic N) is 1. The number of carbonyl (C=O) groups excluding carboxylic acids is 2. The van der Waals surface area contributed by atoms with Gasteiger partial charge >= 0.3 is 0 Å². The molecule has 1 saturated heterocycles. The molecule has 0 radical (unpaired) electrons. The zero-order valence-corrected chi connectivity index (χ0v) is 17.3.